The molecule has 0 saturated heterocycles. The number of nitrogens with one attached hydrogen (secondary N) is 2. The van der Waals surface area contributed by atoms with Crippen molar-refractivity contribution in [3.05, 3.63) is 53.7 Å². The zero-order valence-electron chi connectivity index (χ0n) is 11.0. The van der Waals surface area contributed by atoms with Crippen LogP contribution in [0.2, 0.25) is 0 Å². The van der Waals surface area contributed by atoms with Crippen LogP contribution in [0.3, 0.4) is 0 Å². The molecule has 0 atom stereocenters. The molecular formula is C15H14N4O. The molecule has 0 aliphatic heterocycles. The lowest BCUT2D eigenvalue weighted by atomic mass is 10.1. The molecule has 0 radical (unpaired) electrons. The number of rotatable bonds is 2. The Hall–Kier alpha value is -2.82. The topological polar surface area (TPSA) is 83.8 Å². The minimum absolute atomic E-state index is 0.177. The Balaban J connectivity index is 1.96. The van der Waals surface area contributed by atoms with Crippen LogP contribution in [0.25, 0.3) is 10.9 Å². The second kappa shape index (κ2) is 4.70. The second-order valence-electron chi connectivity index (χ2n) is 4.67. The van der Waals surface area contributed by atoms with Gasteiger partial charge in [0.05, 0.1) is 17.4 Å². The molecule has 5 nitrogen and oxygen atoms in total. The minimum atomic E-state index is -0.177. The van der Waals surface area contributed by atoms with Gasteiger partial charge in [-0.1, -0.05) is 12.1 Å². The van der Waals surface area contributed by atoms with E-state index in [1.807, 2.05) is 31.2 Å². The van der Waals surface area contributed by atoms with Crippen molar-refractivity contribution < 1.29 is 4.79 Å². The first-order chi connectivity index (χ1) is 9.65. The Morgan fingerprint density at radius 2 is 2.15 bits per heavy atom. The number of hydrogen-bond acceptors (Lipinski definition) is 3. The van der Waals surface area contributed by atoms with Crippen molar-refractivity contribution in [1.29, 1.82) is 0 Å². The average Bonchev–Trinajstić information content (AvgIpc) is 2.91. The van der Waals surface area contributed by atoms with Gasteiger partial charge in [0.2, 0.25) is 0 Å². The first-order valence-electron chi connectivity index (χ1n) is 6.25. The van der Waals surface area contributed by atoms with Crippen LogP contribution in [0.4, 0.5) is 11.4 Å². The van der Waals surface area contributed by atoms with E-state index in [9.17, 15) is 4.79 Å². The van der Waals surface area contributed by atoms with E-state index in [-0.39, 0.29) is 5.91 Å². The number of carbonyl (C=O) groups is 1. The maximum absolute atomic E-state index is 12.4. The molecule has 2 aromatic carbocycles. The van der Waals surface area contributed by atoms with Crippen LogP contribution in [-0.2, 0) is 0 Å². The highest BCUT2D eigenvalue weighted by Gasteiger charge is 2.11. The Kier molecular flexibility index (Phi) is 2.87. The quantitative estimate of drug-likeness (QED) is 0.623. The largest absolute Gasteiger partial charge is 0.399 e. The molecule has 4 N–H and O–H groups in total. The van der Waals surface area contributed by atoms with Gasteiger partial charge in [-0.25, -0.2) is 0 Å². The van der Waals surface area contributed by atoms with Gasteiger partial charge in [-0.3, -0.25) is 9.89 Å². The van der Waals surface area contributed by atoms with E-state index < -0.39 is 0 Å². The SMILES string of the molecule is Cc1ccc(N)cc1C(=O)Nc1cccc2[nH]ncc12. The summed E-state index contributed by atoms with van der Waals surface area (Å²) in [5.74, 6) is -0.177. The lowest BCUT2D eigenvalue weighted by Crippen LogP contribution is -2.13. The number of nitrogen functional groups attached to an aromatic ring is 1. The number of amides is 1. The predicted molar refractivity (Wildman–Crippen MR) is 79.6 cm³/mol. The summed E-state index contributed by atoms with van der Waals surface area (Å²) in [6.45, 7) is 1.88. The molecule has 20 heavy (non-hydrogen) atoms. The second-order valence-corrected chi connectivity index (χ2v) is 4.67. The molecular weight excluding hydrogens is 252 g/mol. The van der Waals surface area contributed by atoms with Crippen LogP contribution in [0.5, 0.6) is 0 Å². The summed E-state index contributed by atoms with van der Waals surface area (Å²) in [6, 6.07) is 10.9. The summed E-state index contributed by atoms with van der Waals surface area (Å²) < 4.78 is 0. The van der Waals surface area contributed by atoms with Crippen molar-refractivity contribution in [3.63, 3.8) is 0 Å². The summed E-state index contributed by atoms with van der Waals surface area (Å²) in [5, 5.41) is 10.6. The fourth-order valence-corrected chi connectivity index (χ4v) is 2.15. The smallest absolute Gasteiger partial charge is 0.256 e. The number of fused-ring (bicyclic) bond motifs is 1. The molecule has 0 aliphatic carbocycles. The fourth-order valence-electron chi connectivity index (χ4n) is 2.15. The van der Waals surface area contributed by atoms with Crippen LogP contribution in [0.15, 0.2) is 42.6 Å². The van der Waals surface area contributed by atoms with Crippen molar-refractivity contribution >= 4 is 28.2 Å². The molecule has 0 saturated carbocycles. The third kappa shape index (κ3) is 2.09. The molecule has 1 amide bonds. The van der Waals surface area contributed by atoms with Gasteiger partial charge in [-0.05, 0) is 36.8 Å². The van der Waals surface area contributed by atoms with Crippen molar-refractivity contribution in [2.45, 2.75) is 6.92 Å². The number of anilines is 2. The van der Waals surface area contributed by atoms with Gasteiger partial charge in [-0.2, -0.15) is 5.10 Å². The first-order valence-corrected chi connectivity index (χ1v) is 6.25. The molecule has 3 aromatic rings. The van der Waals surface area contributed by atoms with Crippen LogP contribution in [0.1, 0.15) is 15.9 Å². The maximum Gasteiger partial charge on any atom is 0.256 e. The van der Waals surface area contributed by atoms with Gasteiger partial charge < -0.3 is 11.1 Å². The van der Waals surface area contributed by atoms with Crippen LogP contribution < -0.4 is 11.1 Å². The number of H-pyrrole nitrogens is 1. The molecule has 100 valence electrons. The summed E-state index contributed by atoms with van der Waals surface area (Å²) in [4.78, 5) is 12.4. The third-order valence-corrected chi connectivity index (χ3v) is 3.24. The number of aromatic nitrogens is 2. The number of carbonyl (C=O) groups excluding carboxylic acids is 1. The van der Waals surface area contributed by atoms with Crippen molar-refractivity contribution in [3.8, 4) is 0 Å². The zero-order chi connectivity index (χ0) is 14.1. The summed E-state index contributed by atoms with van der Waals surface area (Å²) >= 11 is 0. The van der Waals surface area contributed by atoms with E-state index in [0.29, 0.717) is 11.3 Å². The zero-order valence-corrected chi connectivity index (χ0v) is 11.0. The van der Waals surface area contributed by atoms with Crippen molar-refractivity contribution in [2.75, 3.05) is 11.1 Å². The molecule has 0 spiro atoms. The lowest BCUT2D eigenvalue weighted by molar-refractivity contribution is 0.102. The van der Waals surface area contributed by atoms with Gasteiger partial charge in [0.1, 0.15) is 0 Å². The lowest BCUT2D eigenvalue weighted by Gasteiger charge is -2.09. The van der Waals surface area contributed by atoms with E-state index in [1.54, 1.807) is 18.3 Å². The minimum Gasteiger partial charge on any atom is -0.399 e. The van der Waals surface area contributed by atoms with E-state index >= 15 is 0 Å². The molecule has 0 bridgehead atoms. The summed E-state index contributed by atoms with van der Waals surface area (Å²) in [7, 11) is 0. The van der Waals surface area contributed by atoms with Crippen LogP contribution in [-0.4, -0.2) is 16.1 Å². The molecule has 3 rings (SSSR count). The number of hydrogen-bond donors (Lipinski definition) is 3. The van der Waals surface area contributed by atoms with Gasteiger partial charge in [0.25, 0.3) is 5.91 Å². The van der Waals surface area contributed by atoms with Gasteiger partial charge in [0, 0.05) is 16.6 Å². The van der Waals surface area contributed by atoms with E-state index in [4.69, 9.17) is 5.73 Å². The number of aromatic amines is 1. The Morgan fingerprint density at radius 3 is 3.00 bits per heavy atom. The molecule has 0 aliphatic rings. The molecule has 1 heterocycles. The normalized spacial score (nSPS) is 10.7. The monoisotopic (exact) mass is 266 g/mol. The fraction of sp³-hybridized carbons (Fsp3) is 0.0667. The number of nitrogens with two attached hydrogens (primary N) is 1. The summed E-state index contributed by atoms with van der Waals surface area (Å²) in [5.41, 5.74) is 9.38. The first kappa shape index (κ1) is 12.2. The van der Waals surface area contributed by atoms with Crippen molar-refractivity contribution in [1.82, 2.24) is 10.2 Å². The molecule has 1 aromatic heterocycles. The molecule has 0 fully saturated rings. The molecule has 5 heteroatoms. The van der Waals surface area contributed by atoms with E-state index in [0.717, 1.165) is 22.2 Å². The Bertz CT molecular complexity index is 791. The van der Waals surface area contributed by atoms with Crippen LogP contribution >= 0.6 is 0 Å². The number of aryl methyl sites for hydroxylation is 1. The van der Waals surface area contributed by atoms with E-state index in [1.165, 1.54) is 0 Å². The molecule has 0 unspecified atom stereocenters. The average molecular weight is 266 g/mol. The van der Waals surface area contributed by atoms with Crippen molar-refractivity contribution in [2.24, 2.45) is 0 Å². The highest BCUT2D eigenvalue weighted by molar-refractivity contribution is 6.09. The predicted octanol–water partition coefficient (Wildman–Crippen LogP) is 2.71. The van der Waals surface area contributed by atoms with E-state index in [2.05, 4.69) is 15.5 Å². The number of benzene rings is 2. The highest BCUT2D eigenvalue weighted by Crippen LogP contribution is 2.22. The Morgan fingerprint density at radius 1 is 1.30 bits per heavy atom. The maximum atomic E-state index is 12.4. The Labute approximate surface area is 115 Å². The highest BCUT2D eigenvalue weighted by atomic mass is 16.1. The van der Waals surface area contributed by atoms with Gasteiger partial charge in [0.15, 0.2) is 0 Å². The third-order valence-electron chi connectivity index (χ3n) is 3.24. The number of nitrogens with zero attached hydrogens (tertiary/aromatic N) is 1. The summed E-state index contributed by atoms with van der Waals surface area (Å²) in [6.07, 6.45) is 1.69. The van der Waals surface area contributed by atoms with Crippen LogP contribution in [0, 0.1) is 6.92 Å². The van der Waals surface area contributed by atoms with Gasteiger partial charge in [-0.15, -0.1) is 0 Å². The van der Waals surface area contributed by atoms with Gasteiger partial charge >= 0.3 is 0 Å². The standard InChI is InChI=1S/C15H14N4O/c1-9-5-6-10(16)7-11(9)15(20)18-13-3-2-4-14-12(13)8-17-19-14/h2-8H,16H2,1H3,(H,17,19)(H,18,20).